The summed E-state index contributed by atoms with van der Waals surface area (Å²) < 4.78 is 22.3. The van der Waals surface area contributed by atoms with Gasteiger partial charge in [-0.1, -0.05) is 32.1 Å². The Balaban J connectivity index is 1.94. The zero-order valence-corrected chi connectivity index (χ0v) is 12.2. The lowest BCUT2D eigenvalue weighted by Gasteiger charge is -2.29. The summed E-state index contributed by atoms with van der Waals surface area (Å²) in [5.74, 6) is -0.0748. The zero-order valence-electron chi connectivity index (χ0n) is 11.4. The van der Waals surface area contributed by atoms with E-state index >= 15 is 0 Å². The quantitative estimate of drug-likeness (QED) is 0.848. The monoisotopic (exact) mass is 288 g/mol. The number of carbonyl (C=O) groups excluding carboxylic acids is 1. The SMILES string of the molecule is NS(=O)(=O)CC1CC(=O)N(C2CCCCCCC2)C1. The van der Waals surface area contributed by atoms with E-state index in [9.17, 15) is 13.2 Å². The molecule has 0 aromatic rings. The molecule has 1 unspecified atom stereocenters. The molecule has 0 spiro atoms. The maximum absolute atomic E-state index is 12.1. The number of likely N-dealkylation sites (tertiary alicyclic amines) is 1. The molecule has 1 heterocycles. The van der Waals surface area contributed by atoms with Gasteiger partial charge in [-0.05, 0) is 12.8 Å². The molecule has 2 fully saturated rings. The Bertz CT molecular complexity index is 414. The summed E-state index contributed by atoms with van der Waals surface area (Å²) in [6, 6.07) is 0.318. The molecule has 1 aliphatic heterocycles. The van der Waals surface area contributed by atoms with Crippen LogP contribution in [0.15, 0.2) is 0 Å². The van der Waals surface area contributed by atoms with Crippen molar-refractivity contribution in [3.63, 3.8) is 0 Å². The predicted molar refractivity (Wildman–Crippen MR) is 73.9 cm³/mol. The van der Waals surface area contributed by atoms with E-state index in [0.29, 0.717) is 19.0 Å². The van der Waals surface area contributed by atoms with Crippen molar-refractivity contribution in [3.05, 3.63) is 0 Å². The Morgan fingerprint density at radius 3 is 2.26 bits per heavy atom. The molecule has 19 heavy (non-hydrogen) atoms. The van der Waals surface area contributed by atoms with E-state index in [4.69, 9.17) is 5.14 Å². The van der Waals surface area contributed by atoms with Crippen molar-refractivity contribution in [2.45, 2.75) is 57.4 Å². The second kappa shape index (κ2) is 6.22. The van der Waals surface area contributed by atoms with Gasteiger partial charge >= 0.3 is 0 Å². The number of sulfonamides is 1. The molecule has 6 heteroatoms. The van der Waals surface area contributed by atoms with Gasteiger partial charge in [0, 0.05) is 24.9 Å². The molecule has 2 aliphatic rings. The first-order valence-corrected chi connectivity index (χ1v) is 8.97. The molecule has 1 saturated heterocycles. The second-order valence-electron chi connectivity index (χ2n) is 5.94. The minimum Gasteiger partial charge on any atom is -0.339 e. The number of amides is 1. The van der Waals surface area contributed by atoms with Crippen molar-refractivity contribution in [3.8, 4) is 0 Å². The van der Waals surface area contributed by atoms with Crippen LogP contribution in [0.25, 0.3) is 0 Å². The summed E-state index contributed by atoms with van der Waals surface area (Å²) in [4.78, 5) is 14.0. The van der Waals surface area contributed by atoms with Crippen LogP contribution in [0.2, 0.25) is 0 Å². The molecule has 2 rings (SSSR count). The summed E-state index contributed by atoms with van der Waals surface area (Å²) in [5, 5.41) is 5.07. The molecule has 1 aliphatic carbocycles. The number of hydrogen-bond donors (Lipinski definition) is 1. The van der Waals surface area contributed by atoms with Crippen molar-refractivity contribution in [1.29, 1.82) is 0 Å². The maximum atomic E-state index is 12.1. The maximum Gasteiger partial charge on any atom is 0.223 e. The number of carbonyl (C=O) groups is 1. The zero-order chi connectivity index (χ0) is 13.9. The first kappa shape index (κ1) is 14.8. The van der Waals surface area contributed by atoms with Crippen LogP contribution in [0.4, 0.5) is 0 Å². The molecule has 5 nitrogen and oxygen atoms in total. The van der Waals surface area contributed by atoms with Gasteiger partial charge in [-0.15, -0.1) is 0 Å². The van der Waals surface area contributed by atoms with Gasteiger partial charge in [0.2, 0.25) is 15.9 Å². The Morgan fingerprint density at radius 1 is 1.11 bits per heavy atom. The number of nitrogens with zero attached hydrogens (tertiary/aromatic N) is 1. The third-order valence-corrected chi connectivity index (χ3v) is 5.16. The fraction of sp³-hybridized carbons (Fsp3) is 0.923. The molecule has 0 aromatic carbocycles. The van der Waals surface area contributed by atoms with Gasteiger partial charge < -0.3 is 4.90 Å². The number of rotatable bonds is 3. The molecule has 0 radical (unpaired) electrons. The average Bonchev–Trinajstić information content (AvgIpc) is 2.56. The van der Waals surface area contributed by atoms with Gasteiger partial charge in [0.15, 0.2) is 0 Å². The molecule has 2 N–H and O–H groups in total. The van der Waals surface area contributed by atoms with Crippen LogP contribution in [0.3, 0.4) is 0 Å². The van der Waals surface area contributed by atoms with Crippen molar-refractivity contribution in [1.82, 2.24) is 4.90 Å². The third kappa shape index (κ3) is 4.45. The fourth-order valence-corrected chi connectivity index (χ4v) is 4.23. The molecule has 1 atom stereocenters. The lowest BCUT2D eigenvalue weighted by molar-refractivity contribution is -0.130. The van der Waals surface area contributed by atoms with Gasteiger partial charge in [0.1, 0.15) is 0 Å². The first-order valence-electron chi connectivity index (χ1n) is 7.25. The smallest absolute Gasteiger partial charge is 0.223 e. The van der Waals surface area contributed by atoms with Crippen LogP contribution in [0, 0.1) is 5.92 Å². The van der Waals surface area contributed by atoms with E-state index in [1.165, 1.54) is 32.1 Å². The highest BCUT2D eigenvalue weighted by molar-refractivity contribution is 7.89. The summed E-state index contributed by atoms with van der Waals surface area (Å²) in [7, 11) is -3.48. The second-order valence-corrected chi connectivity index (χ2v) is 7.60. The lowest BCUT2D eigenvalue weighted by Crippen LogP contribution is -2.37. The Morgan fingerprint density at radius 2 is 1.68 bits per heavy atom. The topological polar surface area (TPSA) is 80.5 Å². The van der Waals surface area contributed by atoms with E-state index in [-0.39, 0.29) is 17.6 Å². The van der Waals surface area contributed by atoms with E-state index in [1.54, 1.807) is 0 Å². The standard InChI is InChI=1S/C13H24N2O3S/c14-19(17,18)10-11-8-13(16)15(9-11)12-6-4-2-1-3-5-7-12/h11-12H,1-10H2,(H2,14,17,18). The van der Waals surface area contributed by atoms with Crippen molar-refractivity contribution < 1.29 is 13.2 Å². The van der Waals surface area contributed by atoms with E-state index in [0.717, 1.165) is 12.8 Å². The largest absolute Gasteiger partial charge is 0.339 e. The highest BCUT2D eigenvalue weighted by Gasteiger charge is 2.35. The van der Waals surface area contributed by atoms with Crippen LogP contribution < -0.4 is 5.14 Å². The van der Waals surface area contributed by atoms with E-state index in [1.807, 2.05) is 4.90 Å². The average molecular weight is 288 g/mol. The number of hydrogen-bond acceptors (Lipinski definition) is 3. The first-order chi connectivity index (χ1) is 8.96. The van der Waals surface area contributed by atoms with Crippen LogP contribution in [-0.4, -0.2) is 37.6 Å². The van der Waals surface area contributed by atoms with Gasteiger partial charge in [-0.2, -0.15) is 0 Å². The van der Waals surface area contributed by atoms with Gasteiger partial charge in [-0.25, -0.2) is 13.6 Å². The number of primary sulfonamides is 1. The van der Waals surface area contributed by atoms with Crippen LogP contribution in [0.1, 0.15) is 51.4 Å². The molecule has 110 valence electrons. The fourth-order valence-electron chi connectivity index (χ4n) is 3.35. The van der Waals surface area contributed by atoms with Crippen LogP contribution in [-0.2, 0) is 14.8 Å². The van der Waals surface area contributed by atoms with Gasteiger partial charge in [0.25, 0.3) is 0 Å². The molecular formula is C13H24N2O3S. The van der Waals surface area contributed by atoms with E-state index < -0.39 is 10.0 Å². The molecule has 1 amide bonds. The summed E-state index contributed by atoms with van der Waals surface area (Å²) in [6.07, 6.45) is 8.62. The third-order valence-electron chi connectivity index (χ3n) is 4.22. The molecule has 1 saturated carbocycles. The van der Waals surface area contributed by atoms with Crippen molar-refractivity contribution in [2.75, 3.05) is 12.3 Å². The summed E-state index contributed by atoms with van der Waals surface area (Å²) >= 11 is 0. The molecule has 0 aromatic heterocycles. The summed E-state index contributed by atoms with van der Waals surface area (Å²) in [5.41, 5.74) is 0. The molecular weight excluding hydrogens is 264 g/mol. The highest BCUT2D eigenvalue weighted by Crippen LogP contribution is 2.27. The Labute approximate surface area is 115 Å². The van der Waals surface area contributed by atoms with Gasteiger partial charge in [-0.3, -0.25) is 4.79 Å². The number of nitrogens with two attached hydrogens (primary N) is 1. The van der Waals surface area contributed by atoms with E-state index in [2.05, 4.69) is 0 Å². The Kier molecular flexibility index (Phi) is 4.84. The minimum atomic E-state index is -3.48. The Hall–Kier alpha value is -0.620. The molecule has 0 bridgehead atoms. The minimum absolute atomic E-state index is 0.0675. The van der Waals surface area contributed by atoms with Crippen LogP contribution >= 0.6 is 0 Å². The van der Waals surface area contributed by atoms with Crippen molar-refractivity contribution in [2.24, 2.45) is 11.1 Å². The summed E-state index contributed by atoms with van der Waals surface area (Å²) in [6.45, 7) is 0.569. The van der Waals surface area contributed by atoms with Gasteiger partial charge in [0.05, 0.1) is 5.75 Å². The van der Waals surface area contributed by atoms with Crippen molar-refractivity contribution >= 4 is 15.9 Å². The lowest BCUT2D eigenvalue weighted by atomic mass is 9.96. The predicted octanol–water partition coefficient (Wildman–Crippen LogP) is 1.24. The highest BCUT2D eigenvalue weighted by atomic mass is 32.2. The normalized spacial score (nSPS) is 27.3. The van der Waals surface area contributed by atoms with Crippen LogP contribution in [0.5, 0.6) is 0 Å².